The van der Waals surface area contributed by atoms with E-state index < -0.39 is 0 Å². The fraction of sp³-hybridized carbons (Fsp3) is 0.727. The predicted molar refractivity (Wildman–Crippen MR) is 57.4 cm³/mol. The Kier molecular flexibility index (Phi) is 2.59. The van der Waals surface area contributed by atoms with Crippen molar-refractivity contribution in [1.82, 2.24) is 15.1 Å². The molecule has 78 valence electrons. The molecule has 1 atom stereocenters. The molecule has 2 rings (SSSR count). The third kappa shape index (κ3) is 1.46. The first-order valence-electron chi connectivity index (χ1n) is 5.51. The molecule has 1 aromatic heterocycles. The van der Waals surface area contributed by atoms with Gasteiger partial charge in [0.25, 0.3) is 0 Å². The van der Waals surface area contributed by atoms with Crippen molar-refractivity contribution < 1.29 is 0 Å². The molecule has 0 aliphatic carbocycles. The van der Waals surface area contributed by atoms with Gasteiger partial charge in [0.05, 0.1) is 5.69 Å². The van der Waals surface area contributed by atoms with Crippen LogP contribution in [0.15, 0.2) is 0 Å². The number of nitrogens with zero attached hydrogens (tertiary/aromatic N) is 2. The Morgan fingerprint density at radius 1 is 1.50 bits per heavy atom. The highest BCUT2D eigenvalue weighted by Gasteiger charge is 2.22. The Labute approximate surface area is 85.5 Å². The minimum absolute atomic E-state index is 0.551. The third-order valence-corrected chi connectivity index (χ3v) is 3.15. The summed E-state index contributed by atoms with van der Waals surface area (Å²) in [5, 5.41) is 8.09. The van der Waals surface area contributed by atoms with Crippen LogP contribution in [0.1, 0.15) is 42.8 Å². The van der Waals surface area contributed by atoms with Crippen molar-refractivity contribution >= 4 is 0 Å². The minimum Gasteiger partial charge on any atom is -0.310 e. The highest BCUT2D eigenvalue weighted by Crippen LogP contribution is 2.28. The second-order valence-corrected chi connectivity index (χ2v) is 4.05. The summed E-state index contributed by atoms with van der Waals surface area (Å²) in [6.45, 7) is 8.57. The van der Waals surface area contributed by atoms with Gasteiger partial charge in [0.2, 0.25) is 0 Å². The van der Waals surface area contributed by atoms with E-state index in [4.69, 9.17) is 0 Å². The summed E-state index contributed by atoms with van der Waals surface area (Å²) in [7, 11) is 0. The number of rotatable bonds is 2. The molecule has 14 heavy (non-hydrogen) atoms. The molecule has 1 N–H and O–H groups in total. The van der Waals surface area contributed by atoms with Crippen LogP contribution in [0.3, 0.4) is 0 Å². The zero-order valence-corrected chi connectivity index (χ0v) is 9.30. The summed E-state index contributed by atoms with van der Waals surface area (Å²) in [6, 6.07) is 0.551. The van der Waals surface area contributed by atoms with E-state index in [0.717, 1.165) is 13.1 Å². The molecular formula is C11H19N3. The number of nitrogens with one attached hydrogen (secondary N) is 1. The molecule has 0 bridgehead atoms. The van der Waals surface area contributed by atoms with Gasteiger partial charge in [0.15, 0.2) is 0 Å². The largest absolute Gasteiger partial charge is 0.310 e. The Balaban J connectivity index is 2.35. The highest BCUT2D eigenvalue weighted by atomic mass is 15.3. The molecule has 0 aromatic carbocycles. The first-order valence-corrected chi connectivity index (χ1v) is 5.51. The second kappa shape index (κ2) is 3.73. The molecule has 2 heterocycles. The van der Waals surface area contributed by atoms with Gasteiger partial charge in [-0.3, -0.25) is 4.68 Å². The van der Waals surface area contributed by atoms with Gasteiger partial charge in [-0.15, -0.1) is 0 Å². The van der Waals surface area contributed by atoms with Crippen LogP contribution in [0.25, 0.3) is 0 Å². The van der Waals surface area contributed by atoms with Crippen LogP contribution in [0.4, 0.5) is 0 Å². The molecule has 3 nitrogen and oxygen atoms in total. The lowest BCUT2D eigenvalue weighted by molar-refractivity contribution is 0.618. The molecule has 0 radical (unpaired) electrons. The van der Waals surface area contributed by atoms with Gasteiger partial charge in [0, 0.05) is 23.8 Å². The van der Waals surface area contributed by atoms with E-state index in [9.17, 15) is 0 Å². The van der Waals surface area contributed by atoms with Crippen molar-refractivity contribution in [2.75, 3.05) is 6.54 Å². The minimum atomic E-state index is 0.551. The lowest BCUT2D eigenvalue weighted by Crippen LogP contribution is -2.14. The van der Waals surface area contributed by atoms with Crippen molar-refractivity contribution in [3.63, 3.8) is 0 Å². The summed E-state index contributed by atoms with van der Waals surface area (Å²) >= 11 is 0. The number of hydrogen-bond donors (Lipinski definition) is 1. The van der Waals surface area contributed by atoms with E-state index >= 15 is 0 Å². The highest BCUT2D eigenvalue weighted by molar-refractivity contribution is 5.28. The predicted octanol–water partition coefficient (Wildman–Crippen LogP) is 1.94. The molecule has 1 fully saturated rings. The first kappa shape index (κ1) is 9.71. The lowest BCUT2D eigenvalue weighted by Gasteiger charge is -2.10. The Hall–Kier alpha value is -0.830. The quantitative estimate of drug-likeness (QED) is 0.778. The Morgan fingerprint density at radius 3 is 2.79 bits per heavy atom. The van der Waals surface area contributed by atoms with Crippen molar-refractivity contribution in [2.24, 2.45) is 0 Å². The van der Waals surface area contributed by atoms with Crippen LogP contribution in [-0.4, -0.2) is 16.3 Å². The normalized spacial score (nSPS) is 21.8. The average molecular weight is 193 g/mol. The van der Waals surface area contributed by atoms with Crippen molar-refractivity contribution in [3.8, 4) is 0 Å². The van der Waals surface area contributed by atoms with Crippen LogP contribution in [0.5, 0.6) is 0 Å². The van der Waals surface area contributed by atoms with Crippen LogP contribution >= 0.6 is 0 Å². The second-order valence-electron chi connectivity index (χ2n) is 4.05. The standard InChI is InChI=1S/C11H19N3/c1-4-14-9(3)11(8(2)13-14)10-6-5-7-12-10/h10,12H,4-7H2,1-3H3/t10-/m0/s1. The maximum Gasteiger partial charge on any atom is 0.0644 e. The topological polar surface area (TPSA) is 29.9 Å². The van der Waals surface area contributed by atoms with Gasteiger partial charge in [0.1, 0.15) is 0 Å². The molecule has 0 amide bonds. The maximum atomic E-state index is 4.55. The van der Waals surface area contributed by atoms with E-state index in [-0.39, 0.29) is 0 Å². The fourth-order valence-corrected chi connectivity index (χ4v) is 2.45. The van der Waals surface area contributed by atoms with E-state index in [1.807, 2.05) is 0 Å². The number of aromatic nitrogens is 2. The average Bonchev–Trinajstić information content (AvgIpc) is 2.74. The van der Waals surface area contributed by atoms with Gasteiger partial charge in [-0.05, 0) is 40.2 Å². The van der Waals surface area contributed by atoms with Gasteiger partial charge in [-0.25, -0.2) is 0 Å². The Morgan fingerprint density at radius 2 is 2.29 bits per heavy atom. The molecule has 3 heteroatoms. The molecule has 1 aliphatic rings. The summed E-state index contributed by atoms with van der Waals surface area (Å²) in [6.07, 6.45) is 2.55. The van der Waals surface area contributed by atoms with Gasteiger partial charge < -0.3 is 5.32 Å². The first-order chi connectivity index (χ1) is 6.74. The Bertz CT molecular complexity index is 322. The molecular weight excluding hydrogens is 174 g/mol. The van der Waals surface area contributed by atoms with E-state index in [1.54, 1.807) is 0 Å². The molecule has 0 unspecified atom stereocenters. The van der Waals surface area contributed by atoms with E-state index in [1.165, 1.54) is 29.8 Å². The van der Waals surface area contributed by atoms with Gasteiger partial charge in [-0.1, -0.05) is 0 Å². The monoisotopic (exact) mass is 193 g/mol. The zero-order chi connectivity index (χ0) is 10.1. The van der Waals surface area contributed by atoms with Gasteiger partial charge >= 0.3 is 0 Å². The maximum absolute atomic E-state index is 4.55. The van der Waals surface area contributed by atoms with Crippen LogP contribution in [-0.2, 0) is 6.54 Å². The third-order valence-electron chi connectivity index (χ3n) is 3.15. The number of hydrogen-bond acceptors (Lipinski definition) is 2. The van der Waals surface area contributed by atoms with Crippen LogP contribution in [0, 0.1) is 13.8 Å². The van der Waals surface area contributed by atoms with Crippen molar-refractivity contribution in [2.45, 2.75) is 46.2 Å². The summed E-state index contributed by atoms with van der Waals surface area (Å²) in [5.74, 6) is 0. The summed E-state index contributed by atoms with van der Waals surface area (Å²) < 4.78 is 2.10. The smallest absolute Gasteiger partial charge is 0.0644 e. The lowest BCUT2D eigenvalue weighted by atomic mass is 10.0. The van der Waals surface area contributed by atoms with Crippen molar-refractivity contribution in [1.29, 1.82) is 0 Å². The molecule has 1 aromatic rings. The summed E-state index contributed by atoms with van der Waals surface area (Å²) in [4.78, 5) is 0. The number of aryl methyl sites for hydroxylation is 2. The zero-order valence-electron chi connectivity index (χ0n) is 9.30. The SMILES string of the molecule is CCn1nc(C)c([C@@H]2CCCN2)c1C. The van der Waals surface area contributed by atoms with E-state index in [0.29, 0.717) is 6.04 Å². The van der Waals surface area contributed by atoms with Crippen molar-refractivity contribution in [3.05, 3.63) is 17.0 Å². The molecule has 0 saturated carbocycles. The molecule has 1 aliphatic heterocycles. The summed E-state index contributed by atoms with van der Waals surface area (Å²) in [5.41, 5.74) is 3.97. The van der Waals surface area contributed by atoms with Crippen LogP contribution < -0.4 is 5.32 Å². The van der Waals surface area contributed by atoms with E-state index in [2.05, 4.69) is 35.9 Å². The molecule has 0 spiro atoms. The fourth-order valence-electron chi connectivity index (χ4n) is 2.45. The van der Waals surface area contributed by atoms with Gasteiger partial charge in [-0.2, -0.15) is 5.10 Å². The van der Waals surface area contributed by atoms with Crippen LogP contribution in [0.2, 0.25) is 0 Å². The molecule has 1 saturated heterocycles.